The molecule has 1 saturated heterocycles. The van der Waals surface area contributed by atoms with Gasteiger partial charge in [-0.1, -0.05) is 0 Å². The summed E-state index contributed by atoms with van der Waals surface area (Å²) in [6, 6.07) is 3.63. The van der Waals surface area contributed by atoms with E-state index in [-0.39, 0.29) is 12.5 Å². The Kier molecular flexibility index (Phi) is 5.37. The van der Waals surface area contributed by atoms with Gasteiger partial charge in [-0.3, -0.25) is 14.5 Å². The second kappa shape index (κ2) is 7.87. The highest BCUT2D eigenvalue weighted by molar-refractivity contribution is 5.86. The Balaban J connectivity index is 1.45. The Bertz CT molecular complexity index is 721. The minimum Gasteiger partial charge on any atom is -0.467 e. The SMILES string of the molecule is CN=C(NCC(=O)NCc1ccco1)N1CCC(c2cnn(C)c2)C1. The second-order valence-electron chi connectivity index (χ2n) is 6.14. The second-order valence-corrected chi connectivity index (χ2v) is 6.14. The summed E-state index contributed by atoms with van der Waals surface area (Å²) >= 11 is 0. The molecule has 2 aromatic heterocycles. The van der Waals surface area contributed by atoms with Gasteiger partial charge in [0.1, 0.15) is 5.76 Å². The van der Waals surface area contributed by atoms with E-state index in [9.17, 15) is 4.79 Å². The Morgan fingerprint density at radius 3 is 3.04 bits per heavy atom. The Labute approximate surface area is 146 Å². The van der Waals surface area contributed by atoms with E-state index in [0.717, 1.165) is 31.2 Å². The van der Waals surface area contributed by atoms with Crippen LogP contribution in [0.3, 0.4) is 0 Å². The molecule has 25 heavy (non-hydrogen) atoms. The molecule has 3 rings (SSSR count). The maximum Gasteiger partial charge on any atom is 0.239 e. The van der Waals surface area contributed by atoms with E-state index in [1.54, 1.807) is 19.4 Å². The van der Waals surface area contributed by atoms with Crippen molar-refractivity contribution in [3.8, 4) is 0 Å². The Morgan fingerprint density at radius 2 is 2.36 bits per heavy atom. The van der Waals surface area contributed by atoms with Gasteiger partial charge in [0.15, 0.2) is 5.96 Å². The molecule has 3 heterocycles. The van der Waals surface area contributed by atoms with Crippen molar-refractivity contribution in [3.05, 3.63) is 42.1 Å². The van der Waals surface area contributed by atoms with Crippen LogP contribution in [0.25, 0.3) is 0 Å². The highest BCUT2D eigenvalue weighted by Crippen LogP contribution is 2.26. The molecule has 1 aliphatic heterocycles. The van der Waals surface area contributed by atoms with Crippen LogP contribution < -0.4 is 10.6 Å². The predicted octanol–water partition coefficient (Wildman–Crippen LogP) is 0.694. The summed E-state index contributed by atoms with van der Waals surface area (Å²) in [5.41, 5.74) is 1.25. The normalized spacial score (nSPS) is 17.8. The summed E-state index contributed by atoms with van der Waals surface area (Å²) in [6.07, 6.45) is 6.63. The van der Waals surface area contributed by atoms with Crippen LogP contribution in [0.15, 0.2) is 40.2 Å². The maximum atomic E-state index is 12.0. The number of carbonyl (C=O) groups is 1. The first-order chi connectivity index (χ1) is 12.2. The van der Waals surface area contributed by atoms with Gasteiger partial charge in [0.05, 0.1) is 25.5 Å². The number of aromatic nitrogens is 2. The molecule has 0 spiro atoms. The molecule has 8 nitrogen and oxygen atoms in total. The Hall–Kier alpha value is -2.77. The lowest BCUT2D eigenvalue weighted by molar-refractivity contribution is -0.120. The predicted molar refractivity (Wildman–Crippen MR) is 94.1 cm³/mol. The minimum atomic E-state index is -0.0967. The van der Waals surface area contributed by atoms with Crippen LogP contribution in [-0.4, -0.2) is 53.2 Å². The quantitative estimate of drug-likeness (QED) is 0.616. The molecule has 1 unspecified atom stereocenters. The number of furan rings is 1. The fourth-order valence-corrected chi connectivity index (χ4v) is 3.03. The molecule has 1 fully saturated rings. The van der Waals surface area contributed by atoms with Crippen molar-refractivity contribution in [1.29, 1.82) is 0 Å². The number of rotatable bonds is 5. The maximum absolute atomic E-state index is 12.0. The number of likely N-dealkylation sites (tertiary alicyclic amines) is 1. The molecule has 2 N–H and O–H groups in total. The summed E-state index contributed by atoms with van der Waals surface area (Å²) in [4.78, 5) is 18.4. The lowest BCUT2D eigenvalue weighted by Gasteiger charge is -2.21. The summed E-state index contributed by atoms with van der Waals surface area (Å²) in [7, 11) is 3.67. The number of nitrogens with zero attached hydrogens (tertiary/aromatic N) is 4. The topological polar surface area (TPSA) is 87.7 Å². The van der Waals surface area contributed by atoms with Crippen LogP contribution in [0, 0.1) is 0 Å². The van der Waals surface area contributed by atoms with Gasteiger partial charge in [-0.15, -0.1) is 0 Å². The summed E-state index contributed by atoms with van der Waals surface area (Å²) in [5.74, 6) is 1.83. The fraction of sp³-hybridized carbons (Fsp3) is 0.471. The fourth-order valence-electron chi connectivity index (χ4n) is 3.03. The molecular formula is C17H24N6O2. The van der Waals surface area contributed by atoms with Crippen molar-refractivity contribution < 1.29 is 9.21 Å². The van der Waals surface area contributed by atoms with Crippen LogP contribution in [0.5, 0.6) is 0 Å². The molecule has 8 heteroatoms. The van der Waals surface area contributed by atoms with Gasteiger partial charge in [-0.05, 0) is 24.1 Å². The molecule has 1 atom stereocenters. The van der Waals surface area contributed by atoms with Gasteiger partial charge in [-0.25, -0.2) is 0 Å². The third-order valence-electron chi connectivity index (χ3n) is 4.34. The van der Waals surface area contributed by atoms with Gasteiger partial charge in [0.2, 0.25) is 5.91 Å². The molecule has 134 valence electrons. The van der Waals surface area contributed by atoms with E-state index in [4.69, 9.17) is 4.42 Å². The highest BCUT2D eigenvalue weighted by atomic mass is 16.3. The van der Waals surface area contributed by atoms with E-state index in [2.05, 4.69) is 31.8 Å². The number of amides is 1. The lowest BCUT2D eigenvalue weighted by atomic mass is 10.0. The van der Waals surface area contributed by atoms with Crippen molar-refractivity contribution in [2.75, 3.05) is 26.7 Å². The van der Waals surface area contributed by atoms with Gasteiger partial charge in [0.25, 0.3) is 0 Å². The molecule has 2 aromatic rings. The Morgan fingerprint density at radius 1 is 1.48 bits per heavy atom. The number of guanidine groups is 1. The standard InChI is InChI=1S/C17H24N6O2/c1-18-17(20-10-16(24)19-9-15-4-3-7-25-15)23-6-5-13(12-23)14-8-21-22(2)11-14/h3-4,7-8,11,13H,5-6,9-10,12H2,1-2H3,(H,18,20)(H,19,24). The molecule has 0 radical (unpaired) electrons. The van der Waals surface area contributed by atoms with Crippen LogP contribution in [0.2, 0.25) is 0 Å². The van der Waals surface area contributed by atoms with E-state index in [1.165, 1.54) is 5.56 Å². The van der Waals surface area contributed by atoms with Gasteiger partial charge in [-0.2, -0.15) is 5.10 Å². The van der Waals surface area contributed by atoms with E-state index in [1.807, 2.05) is 24.0 Å². The van der Waals surface area contributed by atoms with Crippen molar-refractivity contribution in [2.45, 2.75) is 18.9 Å². The largest absolute Gasteiger partial charge is 0.467 e. The molecule has 0 bridgehead atoms. The number of aliphatic imine (C=N–C) groups is 1. The molecular weight excluding hydrogens is 320 g/mol. The van der Waals surface area contributed by atoms with Crippen molar-refractivity contribution in [2.24, 2.45) is 12.0 Å². The van der Waals surface area contributed by atoms with E-state index in [0.29, 0.717) is 12.5 Å². The van der Waals surface area contributed by atoms with E-state index >= 15 is 0 Å². The van der Waals surface area contributed by atoms with Gasteiger partial charge in [0, 0.05) is 39.3 Å². The van der Waals surface area contributed by atoms with Crippen molar-refractivity contribution in [3.63, 3.8) is 0 Å². The zero-order valence-electron chi connectivity index (χ0n) is 14.6. The van der Waals surface area contributed by atoms with Crippen molar-refractivity contribution in [1.82, 2.24) is 25.3 Å². The minimum absolute atomic E-state index is 0.0967. The first kappa shape index (κ1) is 17.1. The lowest BCUT2D eigenvalue weighted by Crippen LogP contribution is -2.44. The zero-order valence-corrected chi connectivity index (χ0v) is 14.6. The molecule has 0 aromatic carbocycles. The van der Waals surface area contributed by atoms with Gasteiger partial charge >= 0.3 is 0 Å². The van der Waals surface area contributed by atoms with Crippen LogP contribution in [0.4, 0.5) is 0 Å². The zero-order chi connectivity index (χ0) is 17.6. The molecule has 0 saturated carbocycles. The first-order valence-electron chi connectivity index (χ1n) is 8.39. The molecule has 1 aliphatic rings. The number of nitrogens with one attached hydrogen (secondary N) is 2. The number of aryl methyl sites for hydroxylation is 1. The smallest absolute Gasteiger partial charge is 0.239 e. The van der Waals surface area contributed by atoms with Gasteiger partial charge < -0.3 is 20.0 Å². The third kappa shape index (κ3) is 4.40. The van der Waals surface area contributed by atoms with E-state index < -0.39 is 0 Å². The number of hydrogen-bond donors (Lipinski definition) is 2. The third-order valence-corrected chi connectivity index (χ3v) is 4.34. The monoisotopic (exact) mass is 344 g/mol. The average Bonchev–Trinajstić information content (AvgIpc) is 3.35. The summed E-state index contributed by atoms with van der Waals surface area (Å²) in [5, 5.41) is 10.2. The number of carbonyl (C=O) groups excluding carboxylic acids is 1. The summed E-state index contributed by atoms with van der Waals surface area (Å²) in [6.45, 7) is 2.35. The van der Waals surface area contributed by atoms with Crippen LogP contribution in [-0.2, 0) is 18.4 Å². The highest BCUT2D eigenvalue weighted by Gasteiger charge is 2.27. The van der Waals surface area contributed by atoms with Crippen molar-refractivity contribution >= 4 is 11.9 Å². The molecule has 0 aliphatic carbocycles. The summed E-state index contributed by atoms with van der Waals surface area (Å²) < 4.78 is 7.02. The molecule has 1 amide bonds. The first-order valence-corrected chi connectivity index (χ1v) is 8.39. The average molecular weight is 344 g/mol. The van der Waals surface area contributed by atoms with Crippen LogP contribution >= 0.6 is 0 Å². The van der Waals surface area contributed by atoms with Crippen LogP contribution in [0.1, 0.15) is 23.7 Å². The number of hydrogen-bond acceptors (Lipinski definition) is 4.